The van der Waals surface area contributed by atoms with Gasteiger partial charge in [-0.1, -0.05) is 17.7 Å². The smallest absolute Gasteiger partial charge is 0.265 e. The third-order valence-corrected chi connectivity index (χ3v) is 9.60. The molecular weight excluding hydrogens is 578 g/mol. The third-order valence-electron chi connectivity index (χ3n) is 7.53. The molecule has 4 aromatic rings. The Morgan fingerprint density at radius 2 is 1.76 bits per heavy atom. The molecule has 2 heterocycles. The van der Waals surface area contributed by atoms with E-state index in [4.69, 9.17) is 21.1 Å². The standard InChI is InChI=1S/C31H32ClN3O6S/c1-17-13-25-27(41-16-29(36)33-25)15-28(17)42(38,39)34-31(37)22-7-8-24-20(4)21(5)35(26(24)14-22)9-6-10-40-23-11-18(2)30(32)19(3)12-23/h7-8,11-15H,6,9-10,16H2,1-5H3,(H,33,36)(H,34,37). The van der Waals surface area contributed by atoms with Crippen LogP contribution in [0.1, 0.15) is 44.7 Å². The summed E-state index contributed by atoms with van der Waals surface area (Å²) >= 11 is 6.27. The molecule has 2 N–H and O–H groups in total. The van der Waals surface area contributed by atoms with Crippen LogP contribution in [0.3, 0.4) is 0 Å². The van der Waals surface area contributed by atoms with Gasteiger partial charge in [-0.3, -0.25) is 9.59 Å². The SMILES string of the molecule is Cc1cc2c(cc1S(=O)(=O)NC(=O)c1ccc3c(C)c(C)n(CCCOc4cc(C)c(Cl)c(C)c4)c3c1)OCC(=O)N2. The van der Waals surface area contributed by atoms with Crippen LogP contribution in [0.4, 0.5) is 5.69 Å². The molecule has 1 aromatic heterocycles. The van der Waals surface area contributed by atoms with Crippen molar-refractivity contribution in [1.82, 2.24) is 9.29 Å². The number of nitrogens with zero attached hydrogens (tertiary/aromatic N) is 1. The van der Waals surface area contributed by atoms with E-state index in [-0.39, 0.29) is 28.7 Å². The summed E-state index contributed by atoms with van der Waals surface area (Å²) < 4.78 is 42.1. The fourth-order valence-corrected chi connectivity index (χ4v) is 6.55. The number of hydrogen-bond donors (Lipinski definition) is 2. The average Bonchev–Trinajstić information content (AvgIpc) is 3.17. The first kappa shape index (κ1) is 29.5. The lowest BCUT2D eigenvalue weighted by Crippen LogP contribution is -2.31. The van der Waals surface area contributed by atoms with Crippen molar-refractivity contribution in [3.63, 3.8) is 0 Å². The lowest BCUT2D eigenvalue weighted by Gasteiger charge is -2.20. The van der Waals surface area contributed by atoms with E-state index in [0.717, 1.165) is 50.5 Å². The van der Waals surface area contributed by atoms with Crippen LogP contribution in [0, 0.1) is 34.6 Å². The molecule has 0 atom stereocenters. The molecule has 0 aliphatic carbocycles. The molecule has 1 aliphatic heterocycles. The largest absolute Gasteiger partial charge is 0.494 e. The minimum absolute atomic E-state index is 0.104. The van der Waals surface area contributed by atoms with Gasteiger partial charge >= 0.3 is 0 Å². The van der Waals surface area contributed by atoms with Gasteiger partial charge in [0.15, 0.2) is 6.61 Å². The topological polar surface area (TPSA) is 116 Å². The molecule has 42 heavy (non-hydrogen) atoms. The van der Waals surface area contributed by atoms with Crippen molar-refractivity contribution < 1.29 is 27.5 Å². The maximum Gasteiger partial charge on any atom is 0.265 e. The number of sulfonamides is 1. The number of nitrogens with one attached hydrogen (secondary N) is 2. The molecule has 0 spiro atoms. The third kappa shape index (κ3) is 5.69. The van der Waals surface area contributed by atoms with Crippen molar-refractivity contribution >= 4 is 50.0 Å². The first-order chi connectivity index (χ1) is 19.9. The number of fused-ring (bicyclic) bond motifs is 2. The van der Waals surface area contributed by atoms with Crippen LogP contribution < -0.4 is 19.5 Å². The van der Waals surface area contributed by atoms with E-state index in [1.807, 2.05) is 45.9 Å². The summed E-state index contributed by atoms with van der Waals surface area (Å²) in [5.41, 5.74) is 5.87. The average molecular weight is 610 g/mol. The van der Waals surface area contributed by atoms with Crippen LogP contribution in [-0.4, -0.2) is 38.0 Å². The van der Waals surface area contributed by atoms with Crippen LogP contribution in [0.15, 0.2) is 47.4 Å². The molecule has 3 aromatic carbocycles. The predicted octanol–water partition coefficient (Wildman–Crippen LogP) is 5.76. The first-order valence-electron chi connectivity index (χ1n) is 13.5. The molecular formula is C31H32ClN3O6S. The number of aromatic nitrogens is 1. The van der Waals surface area contributed by atoms with E-state index in [1.165, 1.54) is 12.1 Å². The van der Waals surface area contributed by atoms with Gasteiger partial charge < -0.3 is 19.4 Å². The quantitative estimate of drug-likeness (QED) is 0.246. The van der Waals surface area contributed by atoms with Crippen LogP contribution in [0.2, 0.25) is 5.02 Å². The number of aryl methyl sites for hydroxylation is 5. The van der Waals surface area contributed by atoms with Crippen LogP contribution in [0.25, 0.3) is 10.9 Å². The van der Waals surface area contributed by atoms with Crippen molar-refractivity contribution in [1.29, 1.82) is 0 Å². The van der Waals surface area contributed by atoms with Gasteiger partial charge in [-0.15, -0.1) is 0 Å². The highest BCUT2D eigenvalue weighted by Crippen LogP contribution is 2.33. The van der Waals surface area contributed by atoms with E-state index in [9.17, 15) is 18.0 Å². The van der Waals surface area contributed by atoms with Gasteiger partial charge in [0.25, 0.3) is 21.8 Å². The number of benzene rings is 3. The minimum atomic E-state index is -4.23. The summed E-state index contributed by atoms with van der Waals surface area (Å²) in [7, 11) is -4.23. The zero-order valence-corrected chi connectivity index (χ0v) is 25.6. The molecule has 0 radical (unpaired) electrons. The molecule has 0 fully saturated rings. The van der Waals surface area contributed by atoms with Gasteiger partial charge in [0.1, 0.15) is 11.5 Å². The lowest BCUT2D eigenvalue weighted by atomic mass is 10.1. The number of anilines is 1. The summed E-state index contributed by atoms with van der Waals surface area (Å²) in [6.45, 7) is 10.5. The summed E-state index contributed by atoms with van der Waals surface area (Å²) in [5.74, 6) is -0.0763. The molecule has 9 nitrogen and oxygen atoms in total. The second kappa shape index (κ2) is 11.3. The van der Waals surface area contributed by atoms with Gasteiger partial charge in [0.05, 0.1) is 17.2 Å². The highest BCUT2D eigenvalue weighted by molar-refractivity contribution is 7.90. The maximum absolute atomic E-state index is 13.2. The number of halogens is 1. The molecule has 11 heteroatoms. The molecule has 0 saturated carbocycles. The molecule has 1 aliphatic rings. The zero-order valence-electron chi connectivity index (χ0n) is 24.1. The summed E-state index contributed by atoms with van der Waals surface area (Å²) in [5, 5.41) is 4.37. The zero-order chi connectivity index (χ0) is 30.3. The normalized spacial score (nSPS) is 13.0. The van der Waals surface area contributed by atoms with Crippen molar-refractivity contribution in [2.45, 2.75) is 52.5 Å². The highest BCUT2D eigenvalue weighted by atomic mass is 35.5. The van der Waals surface area contributed by atoms with Crippen molar-refractivity contribution in [3.05, 3.63) is 81.0 Å². The number of amides is 2. The monoisotopic (exact) mass is 609 g/mol. The van der Waals surface area contributed by atoms with Crippen LogP contribution in [0.5, 0.6) is 11.5 Å². The molecule has 220 valence electrons. The Bertz CT molecular complexity index is 1840. The van der Waals surface area contributed by atoms with E-state index < -0.39 is 15.9 Å². The van der Waals surface area contributed by atoms with Crippen molar-refractivity contribution in [3.8, 4) is 11.5 Å². The molecule has 0 unspecified atom stereocenters. The number of rotatable bonds is 8. The van der Waals surface area contributed by atoms with Gasteiger partial charge in [-0.2, -0.15) is 0 Å². The summed E-state index contributed by atoms with van der Waals surface area (Å²) in [6, 6.07) is 11.8. The van der Waals surface area contributed by atoms with Gasteiger partial charge in [0, 0.05) is 39.8 Å². The van der Waals surface area contributed by atoms with Crippen LogP contribution in [-0.2, 0) is 21.4 Å². The summed E-state index contributed by atoms with van der Waals surface area (Å²) in [6.07, 6.45) is 0.718. The Morgan fingerprint density at radius 1 is 1.05 bits per heavy atom. The Morgan fingerprint density at radius 3 is 2.48 bits per heavy atom. The fraction of sp³-hybridized carbons (Fsp3) is 0.290. The van der Waals surface area contributed by atoms with Gasteiger partial charge in [-0.25, -0.2) is 13.1 Å². The number of hydrogen-bond acceptors (Lipinski definition) is 6. The Labute approximate surface area is 249 Å². The Hall–Kier alpha value is -4.02. The minimum Gasteiger partial charge on any atom is -0.494 e. The number of carbonyl (C=O) groups is 2. The summed E-state index contributed by atoms with van der Waals surface area (Å²) in [4.78, 5) is 24.7. The maximum atomic E-state index is 13.2. The van der Waals surface area contributed by atoms with E-state index in [1.54, 1.807) is 19.1 Å². The van der Waals surface area contributed by atoms with Gasteiger partial charge in [0.2, 0.25) is 0 Å². The fourth-order valence-electron chi connectivity index (χ4n) is 5.22. The molecule has 5 rings (SSSR count). The second-order valence-corrected chi connectivity index (χ2v) is 12.6. The van der Waals surface area contributed by atoms with E-state index >= 15 is 0 Å². The van der Waals surface area contributed by atoms with Gasteiger partial charge in [-0.05, 0) is 93.6 Å². The van der Waals surface area contributed by atoms with E-state index in [2.05, 4.69) is 14.6 Å². The molecule has 2 amide bonds. The van der Waals surface area contributed by atoms with E-state index in [0.29, 0.717) is 24.4 Å². The lowest BCUT2D eigenvalue weighted by molar-refractivity contribution is -0.118. The second-order valence-electron chi connectivity index (χ2n) is 10.6. The Balaban J connectivity index is 1.33. The molecule has 0 saturated heterocycles. The Kier molecular flexibility index (Phi) is 7.96. The predicted molar refractivity (Wildman–Crippen MR) is 162 cm³/mol. The number of carbonyl (C=O) groups excluding carboxylic acids is 2. The van der Waals surface area contributed by atoms with Crippen LogP contribution >= 0.6 is 11.6 Å². The van der Waals surface area contributed by atoms with Crippen molar-refractivity contribution in [2.75, 3.05) is 18.5 Å². The first-order valence-corrected chi connectivity index (χ1v) is 15.3. The number of ether oxygens (including phenoxy) is 2. The van der Waals surface area contributed by atoms with Crippen molar-refractivity contribution in [2.24, 2.45) is 0 Å². The highest BCUT2D eigenvalue weighted by Gasteiger charge is 2.26. The molecule has 0 bridgehead atoms.